The number of likely N-dealkylation sites (tertiary alicyclic amines) is 1. The standard InChI is InChI=1S/C27H27NO2S/c1-29-22-12-10-21(11-13-22)27-26(24-6-2-3-7-25(24)31-27)20-8-14-23(15-9-20)30-19-18-28-16-4-5-17-28/h2-3,6-15H,4-5,16-19H2,1H3. The van der Waals surface area contributed by atoms with Crippen LogP contribution in [-0.4, -0.2) is 38.3 Å². The molecule has 158 valence electrons. The molecule has 4 aromatic rings. The molecule has 3 nitrogen and oxygen atoms in total. The summed E-state index contributed by atoms with van der Waals surface area (Å²) in [4.78, 5) is 3.76. The van der Waals surface area contributed by atoms with Crippen LogP contribution in [0.1, 0.15) is 12.8 Å². The van der Waals surface area contributed by atoms with E-state index in [2.05, 4.69) is 65.6 Å². The van der Waals surface area contributed by atoms with Gasteiger partial charge in [0.05, 0.1) is 7.11 Å². The zero-order valence-electron chi connectivity index (χ0n) is 17.8. The minimum absolute atomic E-state index is 0.748. The van der Waals surface area contributed by atoms with Gasteiger partial charge in [0.25, 0.3) is 0 Å². The minimum Gasteiger partial charge on any atom is -0.497 e. The van der Waals surface area contributed by atoms with Crippen molar-refractivity contribution in [3.8, 4) is 33.1 Å². The molecule has 4 heteroatoms. The summed E-state index contributed by atoms with van der Waals surface area (Å²) in [6.07, 6.45) is 2.64. The molecule has 0 spiro atoms. The summed E-state index contributed by atoms with van der Waals surface area (Å²) in [6.45, 7) is 4.18. The molecule has 3 aromatic carbocycles. The lowest BCUT2D eigenvalue weighted by atomic mass is 9.99. The van der Waals surface area contributed by atoms with E-state index in [0.717, 1.165) is 24.7 Å². The predicted molar refractivity (Wildman–Crippen MR) is 130 cm³/mol. The molecule has 0 radical (unpaired) electrons. The van der Waals surface area contributed by atoms with Crippen LogP contribution in [0.25, 0.3) is 31.7 Å². The first-order valence-corrected chi connectivity index (χ1v) is 11.7. The maximum absolute atomic E-state index is 6.02. The first kappa shape index (κ1) is 20.1. The molecule has 1 aromatic heterocycles. The van der Waals surface area contributed by atoms with Crippen molar-refractivity contribution in [2.45, 2.75) is 12.8 Å². The second-order valence-electron chi connectivity index (χ2n) is 7.95. The number of rotatable bonds is 7. The van der Waals surface area contributed by atoms with Crippen LogP contribution in [0, 0.1) is 0 Å². The Hall–Kier alpha value is -2.82. The lowest BCUT2D eigenvalue weighted by Crippen LogP contribution is -2.25. The van der Waals surface area contributed by atoms with Crippen LogP contribution >= 0.6 is 11.3 Å². The highest BCUT2D eigenvalue weighted by Gasteiger charge is 2.16. The zero-order valence-corrected chi connectivity index (χ0v) is 18.7. The summed E-state index contributed by atoms with van der Waals surface area (Å²) in [5, 5.41) is 1.29. The van der Waals surface area contributed by atoms with E-state index in [1.54, 1.807) is 7.11 Å². The molecule has 1 aliphatic heterocycles. The van der Waals surface area contributed by atoms with Crippen LogP contribution < -0.4 is 9.47 Å². The van der Waals surface area contributed by atoms with Gasteiger partial charge >= 0.3 is 0 Å². The first-order valence-electron chi connectivity index (χ1n) is 10.9. The van der Waals surface area contributed by atoms with Gasteiger partial charge in [0.15, 0.2) is 0 Å². The molecule has 0 saturated carbocycles. The van der Waals surface area contributed by atoms with Gasteiger partial charge in [-0.3, -0.25) is 4.90 Å². The summed E-state index contributed by atoms with van der Waals surface area (Å²) in [5.41, 5.74) is 3.72. The van der Waals surface area contributed by atoms with Gasteiger partial charge in [-0.05, 0) is 79.5 Å². The number of fused-ring (bicyclic) bond motifs is 1. The van der Waals surface area contributed by atoms with Gasteiger partial charge < -0.3 is 9.47 Å². The number of nitrogens with zero attached hydrogens (tertiary/aromatic N) is 1. The number of hydrogen-bond donors (Lipinski definition) is 0. The third-order valence-corrected chi connectivity index (χ3v) is 7.19. The predicted octanol–water partition coefficient (Wildman–Crippen LogP) is 6.72. The van der Waals surface area contributed by atoms with Crippen LogP contribution in [0.2, 0.25) is 0 Å². The summed E-state index contributed by atoms with van der Waals surface area (Å²) in [6, 6.07) is 25.6. The molecule has 0 N–H and O–H groups in total. The lowest BCUT2D eigenvalue weighted by molar-refractivity contribution is 0.238. The number of hydrogen-bond acceptors (Lipinski definition) is 4. The van der Waals surface area contributed by atoms with E-state index in [4.69, 9.17) is 9.47 Å². The third-order valence-electron chi connectivity index (χ3n) is 5.97. The van der Waals surface area contributed by atoms with Crippen molar-refractivity contribution in [2.75, 3.05) is 33.4 Å². The van der Waals surface area contributed by atoms with Crippen molar-refractivity contribution in [1.82, 2.24) is 4.90 Å². The van der Waals surface area contributed by atoms with Crippen molar-refractivity contribution in [1.29, 1.82) is 0 Å². The summed E-state index contributed by atoms with van der Waals surface area (Å²) in [5.74, 6) is 1.82. The quantitative estimate of drug-likeness (QED) is 0.325. The minimum atomic E-state index is 0.748. The summed E-state index contributed by atoms with van der Waals surface area (Å²) < 4.78 is 12.7. The molecular weight excluding hydrogens is 402 g/mol. The Morgan fingerprint density at radius 1 is 0.806 bits per heavy atom. The van der Waals surface area contributed by atoms with Crippen molar-refractivity contribution in [3.05, 3.63) is 72.8 Å². The lowest BCUT2D eigenvalue weighted by Gasteiger charge is -2.15. The van der Waals surface area contributed by atoms with Crippen molar-refractivity contribution < 1.29 is 9.47 Å². The van der Waals surface area contributed by atoms with Crippen LogP contribution in [0.3, 0.4) is 0 Å². The SMILES string of the molecule is COc1ccc(-c2sc3ccccc3c2-c2ccc(OCCN3CCCC3)cc2)cc1. The summed E-state index contributed by atoms with van der Waals surface area (Å²) in [7, 11) is 1.70. The van der Waals surface area contributed by atoms with E-state index in [9.17, 15) is 0 Å². The Balaban J connectivity index is 1.43. The summed E-state index contributed by atoms with van der Waals surface area (Å²) >= 11 is 1.84. The molecular formula is C27H27NO2S. The van der Waals surface area contributed by atoms with E-state index in [1.807, 2.05) is 23.5 Å². The van der Waals surface area contributed by atoms with E-state index in [-0.39, 0.29) is 0 Å². The van der Waals surface area contributed by atoms with Crippen LogP contribution in [0.15, 0.2) is 72.8 Å². The molecule has 1 aliphatic rings. The topological polar surface area (TPSA) is 21.7 Å². The maximum Gasteiger partial charge on any atom is 0.119 e. The van der Waals surface area contributed by atoms with Crippen molar-refractivity contribution in [3.63, 3.8) is 0 Å². The average molecular weight is 430 g/mol. The van der Waals surface area contributed by atoms with Crippen LogP contribution in [0.5, 0.6) is 11.5 Å². The van der Waals surface area contributed by atoms with E-state index < -0.39 is 0 Å². The van der Waals surface area contributed by atoms with E-state index >= 15 is 0 Å². The van der Waals surface area contributed by atoms with Gasteiger partial charge in [-0.25, -0.2) is 0 Å². The van der Waals surface area contributed by atoms with Gasteiger partial charge in [0.1, 0.15) is 18.1 Å². The van der Waals surface area contributed by atoms with E-state index in [0.29, 0.717) is 0 Å². The molecule has 0 aliphatic carbocycles. The molecule has 1 fully saturated rings. The Morgan fingerprint density at radius 2 is 1.48 bits per heavy atom. The van der Waals surface area contributed by atoms with Gasteiger partial charge in [0, 0.05) is 27.1 Å². The molecule has 31 heavy (non-hydrogen) atoms. The highest BCUT2D eigenvalue weighted by molar-refractivity contribution is 7.23. The average Bonchev–Trinajstić information content (AvgIpc) is 3.47. The first-order chi connectivity index (χ1) is 15.3. The third kappa shape index (κ3) is 4.32. The molecule has 0 atom stereocenters. The number of methoxy groups -OCH3 is 1. The molecule has 2 heterocycles. The second kappa shape index (κ2) is 9.13. The Bertz CT molecular complexity index is 1140. The van der Waals surface area contributed by atoms with Gasteiger partial charge in [-0.1, -0.05) is 30.3 Å². The molecule has 0 unspecified atom stereocenters. The highest BCUT2D eigenvalue weighted by Crippen LogP contribution is 2.45. The Kier molecular flexibility index (Phi) is 5.92. The monoisotopic (exact) mass is 429 g/mol. The zero-order chi connectivity index (χ0) is 21.0. The second-order valence-corrected chi connectivity index (χ2v) is 9.00. The van der Waals surface area contributed by atoms with E-state index in [1.165, 1.54) is 57.6 Å². The maximum atomic E-state index is 6.02. The number of ether oxygens (including phenoxy) is 2. The van der Waals surface area contributed by atoms with Gasteiger partial charge in [0.2, 0.25) is 0 Å². The molecule has 0 amide bonds. The fraction of sp³-hybridized carbons (Fsp3) is 0.259. The Morgan fingerprint density at radius 3 is 2.23 bits per heavy atom. The smallest absolute Gasteiger partial charge is 0.119 e. The van der Waals surface area contributed by atoms with Crippen LogP contribution in [-0.2, 0) is 0 Å². The molecule has 5 rings (SSSR count). The molecule has 1 saturated heterocycles. The normalized spacial score (nSPS) is 14.2. The van der Waals surface area contributed by atoms with Gasteiger partial charge in [-0.2, -0.15) is 0 Å². The van der Waals surface area contributed by atoms with Crippen molar-refractivity contribution >= 4 is 21.4 Å². The van der Waals surface area contributed by atoms with Gasteiger partial charge in [-0.15, -0.1) is 11.3 Å². The molecule has 0 bridgehead atoms. The fourth-order valence-electron chi connectivity index (χ4n) is 4.29. The number of thiophene rings is 1. The van der Waals surface area contributed by atoms with Crippen LogP contribution in [0.4, 0.5) is 0 Å². The fourth-order valence-corrected chi connectivity index (χ4v) is 5.52. The largest absolute Gasteiger partial charge is 0.497 e. The van der Waals surface area contributed by atoms with Crippen molar-refractivity contribution in [2.24, 2.45) is 0 Å². The number of benzene rings is 3. The highest BCUT2D eigenvalue weighted by atomic mass is 32.1. The Labute approximate surface area is 187 Å².